The van der Waals surface area contributed by atoms with Crippen molar-refractivity contribution in [3.63, 3.8) is 0 Å². The van der Waals surface area contributed by atoms with E-state index < -0.39 is 56.8 Å². The number of alkyl halides is 2. The van der Waals surface area contributed by atoms with Gasteiger partial charge < -0.3 is 9.47 Å². The molecule has 1 unspecified atom stereocenters. The molecule has 1 aromatic carbocycles. The van der Waals surface area contributed by atoms with Crippen molar-refractivity contribution in [2.24, 2.45) is 0 Å². The summed E-state index contributed by atoms with van der Waals surface area (Å²) in [4.78, 5) is 3.59. The number of aromatic nitrogens is 3. The molecule has 0 amide bonds. The summed E-state index contributed by atoms with van der Waals surface area (Å²) in [6, 6.07) is 1.80. The third kappa shape index (κ3) is 3.82. The van der Waals surface area contributed by atoms with Crippen molar-refractivity contribution in [2.45, 2.75) is 17.4 Å². The molecule has 150 valence electrons. The van der Waals surface area contributed by atoms with E-state index in [2.05, 4.69) is 14.8 Å². The van der Waals surface area contributed by atoms with Gasteiger partial charge in [0.15, 0.2) is 5.60 Å². The van der Waals surface area contributed by atoms with Crippen LogP contribution in [-0.4, -0.2) is 55.0 Å². The molecular weight excluding hydrogens is 394 g/mol. The summed E-state index contributed by atoms with van der Waals surface area (Å²) in [6.45, 7) is -1.40. The molecule has 0 fully saturated rings. The van der Waals surface area contributed by atoms with E-state index in [4.69, 9.17) is 4.74 Å². The number of halogens is 4. The van der Waals surface area contributed by atoms with Crippen LogP contribution in [0.2, 0.25) is 0 Å². The van der Waals surface area contributed by atoms with Crippen LogP contribution in [0.15, 0.2) is 30.9 Å². The van der Waals surface area contributed by atoms with Gasteiger partial charge in [0, 0.05) is 25.8 Å². The summed E-state index contributed by atoms with van der Waals surface area (Å²) in [7, 11) is -3.23. The Labute approximate surface area is 152 Å². The number of rotatable bonds is 9. The lowest BCUT2D eigenvalue weighted by Crippen LogP contribution is -2.56. The highest BCUT2D eigenvalue weighted by molar-refractivity contribution is 7.92. The van der Waals surface area contributed by atoms with Gasteiger partial charge in [0.25, 0.3) is 0 Å². The van der Waals surface area contributed by atoms with E-state index in [1.165, 1.54) is 0 Å². The molecule has 1 heterocycles. The average molecular weight is 411 g/mol. The zero-order valence-electron chi connectivity index (χ0n) is 14.4. The third-order valence-corrected chi connectivity index (χ3v) is 5.80. The molecule has 0 aliphatic rings. The van der Waals surface area contributed by atoms with Crippen LogP contribution in [0, 0.1) is 11.6 Å². The molecule has 2 rings (SSSR count). The quantitative estimate of drug-likeness (QED) is 0.585. The van der Waals surface area contributed by atoms with Crippen molar-refractivity contribution >= 4 is 9.84 Å². The third-order valence-electron chi connectivity index (χ3n) is 3.98. The number of benzene rings is 1. The zero-order chi connectivity index (χ0) is 20.3. The van der Waals surface area contributed by atoms with E-state index in [0.29, 0.717) is 12.1 Å². The summed E-state index contributed by atoms with van der Waals surface area (Å²) in [5.41, 5.74) is -3.88. The predicted octanol–water partition coefficient (Wildman–Crippen LogP) is 1.75. The summed E-state index contributed by atoms with van der Waals surface area (Å²) < 4.78 is 93.4. The molecule has 12 heteroatoms. The molecule has 1 atom stereocenters. The maximum atomic E-state index is 15.3. The Morgan fingerprint density at radius 2 is 1.93 bits per heavy atom. The van der Waals surface area contributed by atoms with Crippen molar-refractivity contribution in [3.05, 3.63) is 48.1 Å². The molecule has 0 saturated carbocycles. The summed E-state index contributed by atoms with van der Waals surface area (Å²) in [6.07, 6.45) is 2.06. The van der Waals surface area contributed by atoms with Crippen LogP contribution in [0.4, 0.5) is 17.6 Å². The van der Waals surface area contributed by atoms with Gasteiger partial charge >= 0.3 is 5.25 Å². The number of hydrogen-bond acceptors (Lipinski definition) is 6. The predicted molar refractivity (Wildman–Crippen MR) is 85.7 cm³/mol. The molecular formula is C15H17F4N3O4S. The second kappa shape index (κ2) is 7.90. The van der Waals surface area contributed by atoms with Crippen molar-refractivity contribution in [1.82, 2.24) is 14.8 Å². The molecule has 27 heavy (non-hydrogen) atoms. The Hall–Kier alpha value is -2.05. The highest BCUT2D eigenvalue weighted by Gasteiger charge is 2.65. The molecule has 1 aromatic heterocycles. The van der Waals surface area contributed by atoms with E-state index in [1.54, 1.807) is 0 Å². The molecule has 0 radical (unpaired) electrons. The van der Waals surface area contributed by atoms with Gasteiger partial charge in [-0.3, -0.25) is 0 Å². The maximum absolute atomic E-state index is 15.3. The lowest BCUT2D eigenvalue weighted by molar-refractivity contribution is -0.166. The first-order valence-electron chi connectivity index (χ1n) is 7.53. The highest BCUT2D eigenvalue weighted by Crippen LogP contribution is 2.46. The maximum Gasteiger partial charge on any atom is 0.379 e. The topological polar surface area (TPSA) is 83.3 Å². The fourth-order valence-corrected chi connectivity index (χ4v) is 3.96. The smallest absolute Gasteiger partial charge is 0.379 e. The summed E-state index contributed by atoms with van der Waals surface area (Å²) in [5, 5.41) is -0.958. The van der Waals surface area contributed by atoms with Crippen LogP contribution in [0.25, 0.3) is 0 Å². The standard InChI is InChI=1S/C15H17F4N3O4S/c1-25-5-6-27(23,24)15(18,19)14(26-2,8-22-10-20-9-21-22)12-4-3-11(16)7-13(12)17/h3-4,7,9-10H,5-6,8H2,1-2H3. The van der Waals surface area contributed by atoms with Gasteiger partial charge in [0.2, 0.25) is 9.84 Å². The highest BCUT2D eigenvalue weighted by atomic mass is 32.2. The lowest BCUT2D eigenvalue weighted by atomic mass is 9.92. The molecule has 0 N–H and O–H groups in total. The van der Waals surface area contributed by atoms with Crippen LogP contribution >= 0.6 is 0 Å². The number of ether oxygens (including phenoxy) is 2. The van der Waals surface area contributed by atoms with Crippen molar-refractivity contribution < 1.29 is 35.5 Å². The second-order valence-corrected chi connectivity index (χ2v) is 7.73. The van der Waals surface area contributed by atoms with Crippen molar-refractivity contribution in [3.8, 4) is 0 Å². The van der Waals surface area contributed by atoms with Gasteiger partial charge in [-0.15, -0.1) is 0 Å². The molecule has 0 saturated heterocycles. The average Bonchev–Trinajstić information content (AvgIpc) is 3.11. The first-order valence-corrected chi connectivity index (χ1v) is 9.18. The Bertz CT molecular complexity index is 877. The largest absolute Gasteiger partial charge is 0.384 e. The Morgan fingerprint density at radius 1 is 1.22 bits per heavy atom. The number of nitrogens with zero attached hydrogens (tertiary/aromatic N) is 3. The first kappa shape index (κ1) is 21.3. The van der Waals surface area contributed by atoms with Crippen LogP contribution in [0.1, 0.15) is 5.56 Å². The molecule has 0 spiro atoms. The van der Waals surface area contributed by atoms with E-state index in [9.17, 15) is 17.2 Å². The van der Waals surface area contributed by atoms with Gasteiger partial charge in [-0.25, -0.2) is 26.9 Å². The minimum atomic E-state index is -5.18. The van der Waals surface area contributed by atoms with Crippen molar-refractivity contribution in [2.75, 3.05) is 26.6 Å². The molecule has 2 aromatic rings. The minimum Gasteiger partial charge on any atom is -0.384 e. The summed E-state index contributed by atoms with van der Waals surface area (Å²) in [5.74, 6) is -3.45. The van der Waals surface area contributed by atoms with Gasteiger partial charge in [0.05, 0.1) is 18.9 Å². The van der Waals surface area contributed by atoms with E-state index >= 15 is 8.78 Å². The van der Waals surface area contributed by atoms with Crippen LogP contribution in [0.3, 0.4) is 0 Å². The fourth-order valence-electron chi connectivity index (χ4n) is 2.56. The fraction of sp³-hybridized carbons (Fsp3) is 0.467. The van der Waals surface area contributed by atoms with Gasteiger partial charge in [-0.2, -0.15) is 13.9 Å². The molecule has 0 bridgehead atoms. The molecule has 7 nitrogen and oxygen atoms in total. The lowest BCUT2D eigenvalue weighted by Gasteiger charge is -2.38. The Morgan fingerprint density at radius 3 is 2.44 bits per heavy atom. The van der Waals surface area contributed by atoms with Crippen molar-refractivity contribution in [1.29, 1.82) is 0 Å². The molecule has 0 aliphatic carbocycles. The van der Waals surface area contributed by atoms with Crippen LogP contribution in [-0.2, 0) is 31.5 Å². The SMILES string of the molecule is COCCS(=O)(=O)C(F)(F)C(Cn1cncn1)(OC)c1ccc(F)cc1F. The zero-order valence-corrected chi connectivity index (χ0v) is 15.2. The second-order valence-electron chi connectivity index (χ2n) is 5.58. The molecule has 0 aliphatic heterocycles. The van der Waals surface area contributed by atoms with Gasteiger partial charge in [-0.05, 0) is 12.1 Å². The minimum absolute atomic E-state index is 0.363. The van der Waals surface area contributed by atoms with E-state index in [-0.39, 0.29) is 0 Å². The summed E-state index contributed by atoms with van der Waals surface area (Å²) >= 11 is 0. The van der Waals surface area contributed by atoms with E-state index in [1.807, 2.05) is 0 Å². The monoisotopic (exact) mass is 411 g/mol. The Kier molecular flexibility index (Phi) is 6.22. The number of hydrogen-bond donors (Lipinski definition) is 0. The first-order chi connectivity index (χ1) is 12.6. The van der Waals surface area contributed by atoms with Gasteiger partial charge in [-0.1, -0.05) is 0 Å². The number of sulfone groups is 1. The number of methoxy groups -OCH3 is 2. The Balaban J connectivity index is 2.71. The normalized spacial score (nSPS) is 14.9. The van der Waals surface area contributed by atoms with E-state index in [0.717, 1.165) is 37.6 Å². The van der Waals surface area contributed by atoms with Crippen LogP contribution < -0.4 is 0 Å². The van der Waals surface area contributed by atoms with Gasteiger partial charge in [0.1, 0.15) is 24.3 Å². The van der Waals surface area contributed by atoms with Crippen LogP contribution in [0.5, 0.6) is 0 Å².